The van der Waals surface area contributed by atoms with Crippen LogP contribution in [0, 0.1) is 0 Å². The van der Waals surface area contributed by atoms with Gasteiger partial charge in [0.25, 0.3) is 0 Å². The lowest BCUT2D eigenvalue weighted by Crippen LogP contribution is -2.15. The van der Waals surface area contributed by atoms with Gasteiger partial charge in [0.15, 0.2) is 5.82 Å². The first-order chi connectivity index (χ1) is 19.6. The molecule has 9 rings (SSSR count). The molecule has 0 saturated heterocycles. The van der Waals surface area contributed by atoms with Gasteiger partial charge in [0, 0.05) is 22.1 Å². The smallest absolute Gasteiger partial charge is 0.166 e. The second-order valence-corrected chi connectivity index (χ2v) is 11.3. The van der Waals surface area contributed by atoms with Crippen LogP contribution in [0.1, 0.15) is 25.0 Å². The van der Waals surface area contributed by atoms with Gasteiger partial charge in [-0.15, -0.1) is 0 Å². The minimum absolute atomic E-state index is 0.103. The van der Waals surface area contributed by atoms with E-state index in [9.17, 15) is 0 Å². The van der Waals surface area contributed by atoms with E-state index in [0.29, 0.717) is 0 Å². The van der Waals surface area contributed by atoms with Crippen molar-refractivity contribution in [2.75, 3.05) is 0 Å². The fourth-order valence-corrected chi connectivity index (χ4v) is 6.90. The van der Waals surface area contributed by atoms with E-state index in [2.05, 4.69) is 97.3 Å². The molecule has 4 nitrogen and oxygen atoms in total. The van der Waals surface area contributed by atoms with Crippen LogP contribution in [-0.4, -0.2) is 19.5 Å². The molecule has 0 N–H and O–H groups in total. The van der Waals surface area contributed by atoms with Crippen LogP contribution < -0.4 is 0 Å². The standard InChI is InChI=1S/C36H24N4/c1-36(2)24-15-10-14-23-22-13-6-9-18-29(22)40-34-28(20-19-25(36)31(34)30(23)24)39-35(40)33-32(21-11-4-3-5-12-21)37-26-16-7-8-17-27(26)38-33/h3-20H,1-2H3. The zero-order valence-electron chi connectivity index (χ0n) is 22.2. The van der Waals surface area contributed by atoms with Crippen LogP contribution in [0.2, 0.25) is 0 Å². The van der Waals surface area contributed by atoms with Crippen molar-refractivity contribution in [1.29, 1.82) is 0 Å². The van der Waals surface area contributed by atoms with E-state index in [1.165, 1.54) is 33.4 Å². The van der Waals surface area contributed by atoms with E-state index < -0.39 is 0 Å². The summed E-state index contributed by atoms with van der Waals surface area (Å²) in [6, 6.07) is 38.4. The van der Waals surface area contributed by atoms with Crippen LogP contribution in [0.4, 0.5) is 0 Å². The Labute approximate surface area is 231 Å². The maximum absolute atomic E-state index is 5.33. The Bertz CT molecular complexity index is 2190. The number of hydrogen-bond donors (Lipinski definition) is 0. The molecule has 0 bridgehead atoms. The Hall–Kier alpha value is -5.09. The number of fused-ring (bicyclic) bond motifs is 4. The van der Waals surface area contributed by atoms with Crippen molar-refractivity contribution < 1.29 is 0 Å². The third-order valence-corrected chi connectivity index (χ3v) is 8.74. The van der Waals surface area contributed by atoms with Gasteiger partial charge in [0.1, 0.15) is 11.4 Å². The van der Waals surface area contributed by atoms with Crippen molar-refractivity contribution >= 4 is 22.1 Å². The topological polar surface area (TPSA) is 43.6 Å². The number of nitrogens with zero attached hydrogens (tertiary/aromatic N) is 4. The Morgan fingerprint density at radius 2 is 1.20 bits per heavy atom. The summed E-state index contributed by atoms with van der Waals surface area (Å²) in [6.07, 6.45) is 0. The van der Waals surface area contributed by atoms with Crippen LogP contribution in [-0.2, 0) is 5.41 Å². The van der Waals surface area contributed by atoms with Gasteiger partial charge < -0.3 is 0 Å². The summed E-state index contributed by atoms with van der Waals surface area (Å²) in [6.45, 7) is 4.68. The van der Waals surface area contributed by atoms with Crippen LogP contribution in [0.5, 0.6) is 0 Å². The summed E-state index contributed by atoms with van der Waals surface area (Å²) in [5.74, 6) is 0.812. The maximum Gasteiger partial charge on any atom is 0.166 e. The summed E-state index contributed by atoms with van der Waals surface area (Å²) in [4.78, 5) is 15.7. The van der Waals surface area contributed by atoms with Crippen LogP contribution in [0.25, 0.3) is 72.8 Å². The number of rotatable bonds is 2. The predicted octanol–water partition coefficient (Wildman–Crippen LogP) is 8.59. The monoisotopic (exact) mass is 512 g/mol. The number of para-hydroxylation sites is 3. The summed E-state index contributed by atoms with van der Waals surface area (Å²) in [5.41, 5.74) is 15.3. The molecule has 0 fully saturated rings. The minimum Gasteiger partial charge on any atom is -0.290 e. The third-order valence-electron chi connectivity index (χ3n) is 8.74. The van der Waals surface area contributed by atoms with Gasteiger partial charge in [-0.05, 0) is 46.5 Å². The molecule has 0 saturated carbocycles. The van der Waals surface area contributed by atoms with Gasteiger partial charge in [0.05, 0.1) is 27.8 Å². The highest BCUT2D eigenvalue weighted by atomic mass is 15.1. The van der Waals surface area contributed by atoms with Crippen LogP contribution in [0.15, 0.2) is 109 Å². The molecule has 1 aliphatic carbocycles. The molecule has 0 spiro atoms. The van der Waals surface area contributed by atoms with Crippen molar-refractivity contribution in [3.8, 4) is 50.7 Å². The molecule has 0 radical (unpaired) electrons. The van der Waals surface area contributed by atoms with Crippen molar-refractivity contribution in [3.63, 3.8) is 0 Å². The van der Waals surface area contributed by atoms with Gasteiger partial charge in [-0.3, -0.25) is 4.57 Å². The first-order valence-electron chi connectivity index (χ1n) is 13.7. The zero-order valence-corrected chi connectivity index (χ0v) is 22.2. The summed E-state index contributed by atoms with van der Waals surface area (Å²) >= 11 is 0. The fourth-order valence-electron chi connectivity index (χ4n) is 6.90. The van der Waals surface area contributed by atoms with E-state index in [-0.39, 0.29) is 5.41 Å². The van der Waals surface area contributed by atoms with E-state index in [1.807, 2.05) is 30.3 Å². The predicted molar refractivity (Wildman–Crippen MR) is 162 cm³/mol. The molecular weight excluding hydrogens is 488 g/mol. The third kappa shape index (κ3) is 2.68. The molecule has 188 valence electrons. The minimum atomic E-state index is -0.103. The molecular formula is C36H24N4. The normalized spacial score (nSPS) is 13.9. The van der Waals surface area contributed by atoms with Crippen LogP contribution >= 0.6 is 0 Å². The summed E-state index contributed by atoms with van der Waals surface area (Å²) < 4.78 is 2.35. The first-order valence-corrected chi connectivity index (χ1v) is 13.7. The Morgan fingerprint density at radius 1 is 0.525 bits per heavy atom. The number of hydrogen-bond acceptors (Lipinski definition) is 3. The van der Waals surface area contributed by atoms with E-state index in [4.69, 9.17) is 15.0 Å². The maximum atomic E-state index is 5.33. The SMILES string of the molecule is CC1(C)c2cccc3c2-c2c1ccc1nc(-c4nc5ccccc5nc4-c4ccccc4)n(c21)-c1ccccc1-3. The lowest BCUT2D eigenvalue weighted by molar-refractivity contribution is 0.661. The molecule has 2 aromatic heterocycles. The molecule has 1 aliphatic heterocycles. The fraction of sp³-hybridized carbons (Fsp3) is 0.0833. The molecule has 3 heterocycles. The Morgan fingerprint density at radius 3 is 2.02 bits per heavy atom. The average Bonchev–Trinajstić information content (AvgIpc) is 3.45. The van der Waals surface area contributed by atoms with Gasteiger partial charge in [0.2, 0.25) is 0 Å². The molecule has 4 heteroatoms. The van der Waals surface area contributed by atoms with E-state index in [0.717, 1.165) is 50.5 Å². The molecule has 2 aliphatic rings. The highest BCUT2D eigenvalue weighted by Gasteiger charge is 2.41. The molecule has 0 amide bonds. The van der Waals surface area contributed by atoms with Crippen molar-refractivity contribution in [1.82, 2.24) is 19.5 Å². The van der Waals surface area contributed by atoms with Gasteiger partial charge in [-0.25, -0.2) is 15.0 Å². The molecule has 0 unspecified atom stereocenters. The highest BCUT2D eigenvalue weighted by Crippen LogP contribution is 2.57. The van der Waals surface area contributed by atoms with E-state index >= 15 is 0 Å². The first kappa shape index (κ1) is 21.8. The van der Waals surface area contributed by atoms with Crippen molar-refractivity contribution in [3.05, 3.63) is 120 Å². The van der Waals surface area contributed by atoms with Crippen molar-refractivity contribution in [2.24, 2.45) is 0 Å². The largest absolute Gasteiger partial charge is 0.290 e. The lowest BCUT2D eigenvalue weighted by Gasteiger charge is -2.22. The number of benzene rings is 5. The lowest BCUT2D eigenvalue weighted by atomic mass is 9.81. The second kappa shape index (κ2) is 7.51. The average molecular weight is 513 g/mol. The number of aromatic nitrogens is 4. The summed E-state index contributed by atoms with van der Waals surface area (Å²) in [5, 5.41) is 0. The van der Waals surface area contributed by atoms with Crippen LogP contribution in [0.3, 0.4) is 0 Å². The second-order valence-electron chi connectivity index (χ2n) is 11.3. The number of imidazole rings is 1. The van der Waals surface area contributed by atoms with E-state index in [1.54, 1.807) is 0 Å². The molecule has 0 atom stereocenters. The Kier molecular flexibility index (Phi) is 4.10. The molecule has 7 aromatic rings. The van der Waals surface area contributed by atoms with Gasteiger partial charge >= 0.3 is 0 Å². The molecule has 40 heavy (non-hydrogen) atoms. The van der Waals surface area contributed by atoms with Gasteiger partial charge in [-0.2, -0.15) is 0 Å². The highest BCUT2D eigenvalue weighted by molar-refractivity contribution is 6.09. The van der Waals surface area contributed by atoms with Gasteiger partial charge in [-0.1, -0.05) is 98.8 Å². The summed E-state index contributed by atoms with van der Waals surface area (Å²) in [7, 11) is 0. The quantitative estimate of drug-likeness (QED) is 0.233. The molecule has 5 aromatic carbocycles. The zero-order chi connectivity index (χ0) is 26.6. The Balaban J connectivity index is 1.49. The van der Waals surface area contributed by atoms with Crippen molar-refractivity contribution in [2.45, 2.75) is 19.3 Å².